The monoisotopic (exact) mass is 242 g/mol. The lowest BCUT2D eigenvalue weighted by molar-refractivity contribution is -0.384. The molecule has 0 aliphatic rings. The molecule has 2 aromatic rings. The van der Waals surface area contributed by atoms with E-state index in [1.807, 2.05) is 0 Å². The smallest absolute Gasteiger partial charge is 0.295 e. The van der Waals surface area contributed by atoms with Gasteiger partial charge in [0.25, 0.3) is 5.69 Å². The molecule has 0 spiro atoms. The van der Waals surface area contributed by atoms with E-state index in [0.717, 1.165) is 0 Å². The van der Waals surface area contributed by atoms with E-state index >= 15 is 0 Å². The average Bonchev–Trinajstić information content (AvgIpc) is 2.39. The third-order valence-corrected chi connectivity index (χ3v) is 2.58. The average molecular weight is 242 g/mol. The molecule has 0 bridgehead atoms. The summed E-state index contributed by atoms with van der Waals surface area (Å²) in [4.78, 5) is 25.5. The Morgan fingerprint density at radius 1 is 1.33 bits per heavy atom. The van der Waals surface area contributed by atoms with Gasteiger partial charge in [-0.05, 0) is 24.6 Å². The number of hydrogen-bond donors (Lipinski definition) is 0. The summed E-state index contributed by atoms with van der Waals surface area (Å²) in [5, 5.41) is 10.9. The molecule has 5 nitrogen and oxygen atoms in total. The van der Waals surface area contributed by atoms with E-state index in [-0.39, 0.29) is 11.5 Å². The molecule has 5 heteroatoms. The molecule has 0 unspecified atom stereocenters. The quantitative estimate of drug-likeness (QED) is 0.471. The molecular weight excluding hydrogens is 232 g/mol. The van der Waals surface area contributed by atoms with Crippen molar-refractivity contribution >= 4 is 11.5 Å². The molecule has 0 aliphatic heterocycles. The van der Waals surface area contributed by atoms with Gasteiger partial charge in [-0.3, -0.25) is 19.9 Å². The van der Waals surface area contributed by atoms with Crippen LogP contribution in [0.4, 0.5) is 5.69 Å². The summed E-state index contributed by atoms with van der Waals surface area (Å²) >= 11 is 0. The predicted octanol–water partition coefficient (Wildman–Crippen LogP) is 2.86. The van der Waals surface area contributed by atoms with E-state index in [2.05, 4.69) is 4.98 Å². The molecular formula is C13H10N2O3. The van der Waals surface area contributed by atoms with Crippen molar-refractivity contribution in [3.8, 4) is 11.1 Å². The van der Waals surface area contributed by atoms with E-state index in [1.54, 1.807) is 30.3 Å². The van der Waals surface area contributed by atoms with Crippen molar-refractivity contribution < 1.29 is 9.72 Å². The zero-order chi connectivity index (χ0) is 13.1. The minimum Gasteiger partial charge on any atom is -0.295 e. The first-order valence-electron chi connectivity index (χ1n) is 5.29. The fraction of sp³-hybridized carbons (Fsp3) is 0.0769. The standard InChI is InChI=1S/C13H10N2O3/c1-9(16)10-3-2-4-11(7-10)12-5-6-14-8-13(12)15(17)18/h2-8H,1H3. The van der Waals surface area contributed by atoms with Gasteiger partial charge >= 0.3 is 0 Å². The summed E-state index contributed by atoms with van der Waals surface area (Å²) in [6, 6.07) is 8.33. The predicted molar refractivity (Wildman–Crippen MR) is 66.3 cm³/mol. The summed E-state index contributed by atoms with van der Waals surface area (Å²) < 4.78 is 0. The maximum Gasteiger partial charge on any atom is 0.295 e. The Morgan fingerprint density at radius 3 is 2.78 bits per heavy atom. The molecule has 1 aromatic carbocycles. The number of Topliss-reactive ketones (excluding diaryl/α,β-unsaturated/α-hetero) is 1. The first-order chi connectivity index (χ1) is 8.59. The number of rotatable bonds is 3. The molecule has 1 aromatic heterocycles. The summed E-state index contributed by atoms with van der Waals surface area (Å²) in [5.74, 6) is -0.0754. The van der Waals surface area contributed by atoms with Crippen LogP contribution in [-0.4, -0.2) is 15.7 Å². The van der Waals surface area contributed by atoms with E-state index in [0.29, 0.717) is 16.7 Å². The summed E-state index contributed by atoms with van der Waals surface area (Å²) in [6.45, 7) is 1.46. The van der Waals surface area contributed by atoms with E-state index in [9.17, 15) is 14.9 Å². The van der Waals surface area contributed by atoms with Crippen LogP contribution in [0, 0.1) is 10.1 Å². The lowest BCUT2D eigenvalue weighted by Crippen LogP contribution is -1.95. The second kappa shape index (κ2) is 4.75. The zero-order valence-corrected chi connectivity index (χ0v) is 9.66. The number of nitro groups is 1. The van der Waals surface area contributed by atoms with Crippen LogP contribution in [0.3, 0.4) is 0 Å². The van der Waals surface area contributed by atoms with Crippen LogP contribution in [-0.2, 0) is 0 Å². The molecule has 0 radical (unpaired) electrons. The highest BCUT2D eigenvalue weighted by Gasteiger charge is 2.15. The van der Waals surface area contributed by atoms with Gasteiger partial charge < -0.3 is 0 Å². The highest BCUT2D eigenvalue weighted by molar-refractivity contribution is 5.95. The normalized spacial score (nSPS) is 10.1. The highest BCUT2D eigenvalue weighted by atomic mass is 16.6. The van der Waals surface area contributed by atoms with Crippen LogP contribution in [0.1, 0.15) is 17.3 Å². The first-order valence-corrected chi connectivity index (χ1v) is 5.29. The molecule has 0 N–H and O–H groups in total. The van der Waals surface area contributed by atoms with Crippen LogP contribution in [0.25, 0.3) is 11.1 Å². The third-order valence-electron chi connectivity index (χ3n) is 2.58. The molecule has 0 saturated carbocycles. The second-order valence-electron chi connectivity index (χ2n) is 3.79. The number of aromatic nitrogens is 1. The largest absolute Gasteiger partial charge is 0.295 e. The van der Waals surface area contributed by atoms with Gasteiger partial charge in [-0.2, -0.15) is 0 Å². The molecule has 90 valence electrons. The van der Waals surface area contributed by atoms with Crippen LogP contribution >= 0.6 is 0 Å². The fourth-order valence-corrected chi connectivity index (χ4v) is 1.68. The van der Waals surface area contributed by atoms with Crippen LogP contribution in [0.2, 0.25) is 0 Å². The molecule has 18 heavy (non-hydrogen) atoms. The van der Waals surface area contributed by atoms with Gasteiger partial charge in [-0.25, -0.2) is 0 Å². The van der Waals surface area contributed by atoms with Crippen molar-refractivity contribution in [2.24, 2.45) is 0 Å². The number of ketones is 1. The first kappa shape index (κ1) is 11.9. The molecule has 1 heterocycles. The number of pyridine rings is 1. The zero-order valence-electron chi connectivity index (χ0n) is 9.66. The lowest BCUT2D eigenvalue weighted by atomic mass is 10.0. The Labute approximate surface area is 103 Å². The lowest BCUT2D eigenvalue weighted by Gasteiger charge is -2.04. The minimum absolute atomic E-state index is 0.0711. The number of carbonyl (C=O) groups is 1. The van der Waals surface area contributed by atoms with Gasteiger partial charge in [0.2, 0.25) is 0 Å². The summed E-state index contributed by atoms with van der Waals surface area (Å²) in [6.07, 6.45) is 2.69. The summed E-state index contributed by atoms with van der Waals surface area (Å²) in [5.41, 5.74) is 1.55. The number of benzene rings is 1. The van der Waals surface area contributed by atoms with E-state index in [1.165, 1.54) is 19.3 Å². The summed E-state index contributed by atoms with van der Waals surface area (Å²) in [7, 11) is 0. The maximum atomic E-state index is 11.3. The van der Waals surface area contributed by atoms with Gasteiger partial charge in [0.15, 0.2) is 5.78 Å². The Morgan fingerprint density at radius 2 is 2.11 bits per heavy atom. The molecule has 0 fully saturated rings. The van der Waals surface area contributed by atoms with Gasteiger partial charge in [-0.1, -0.05) is 18.2 Å². The van der Waals surface area contributed by atoms with Gasteiger partial charge in [-0.15, -0.1) is 0 Å². The molecule has 0 atom stereocenters. The topological polar surface area (TPSA) is 73.1 Å². The van der Waals surface area contributed by atoms with Gasteiger partial charge in [0, 0.05) is 11.8 Å². The molecule has 2 rings (SSSR count). The Bertz CT molecular complexity index is 623. The van der Waals surface area contributed by atoms with Crippen molar-refractivity contribution in [2.75, 3.05) is 0 Å². The highest BCUT2D eigenvalue weighted by Crippen LogP contribution is 2.29. The fourth-order valence-electron chi connectivity index (χ4n) is 1.68. The number of hydrogen-bond acceptors (Lipinski definition) is 4. The SMILES string of the molecule is CC(=O)c1cccc(-c2ccncc2[N+](=O)[O-])c1. The Kier molecular flexibility index (Phi) is 3.14. The number of nitrogens with zero attached hydrogens (tertiary/aromatic N) is 2. The van der Waals surface area contributed by atoms with E-state index in [4.69, 9.17) is 0 Å². The number of carbonyl (C=O) groups excluding carboxylic acids is 1. The van der Waals surface area contributed by atoms with Crippen molar-refractivity contribution in [3.63, 3.8) is 0 Å². The molecule has 0 aliphatic carbocycles. The van der Waals surface area contributed by atoms with Crippen molar-refractivity contribution in [1.82, 2.24) is 4.98 Å². The van der Waals surface area contributed by atoms with Crippen molar-refractivity contribution in [2.45, 2.75) is 6.92 Å². The van der Waals surface area contributed by atoms with Crippen LogP contribution < -0.4 is 0 Å². The van der Waals surface area contributed by atoms with Crippen LogP contribution in [0.15, 0.2) is 42.7 Å². The Balaban J connectivity index is 2.58. The third kappa shape index (κ3) is 2.24. The Hall–Kier alpha value is -2.56. The molecule has 0 saturated heterocycles. The van der Waals surface area contributed by atoms with Crippen molar-refractivity contribution in [3.05, 3.63) is 58.4 Å². The second-order valence-corrected chi connectivity index (χ2v) is 3.79. The maximum absolute atomic E-state index is 11.3. The van der Waals surface area contributed by atoms with Gasteiger partial charge in [0.05, 0.1) is 10.5 Å². The molecule has 0 amide bonds. The van der Waals surface area contributed by atoms with Gasteiger partial charge in [0.1, 0.15) is 6.20 Å². The van der Waals surface area contributed by atoms with Crippen molar-refractivity contribution in [1.29, 1.82) is 0 Å². The van der Waals surface area contributed by atoms with E-state index < -0.39 is 4.92 Å². The van der Waals surface area contributed by atoms with Crippen LogP contribution in [0.5, 0.6) is 0 Å². The minimum atomic E-state index is -0.483.